The average Bonchev–Trinajstić information content (AvgIpc) is 3.09. The van der Waals surface area contributed by atoms with E-state index < -0.39 is 6.04 Å². The molecule has 2 heterocycles. The molecule has 0 fully saturated rings. The molecule has 2 aromatic carbocycles. The Morgan fingerprint density at radius 3 is 2.65 bits per heavy atom. The van der Waals surface area contributed by atoms with E-state index >= 15 is 0 Å². The van der Waals surface area contributed by atoms with E-state index in [0.29, 0.717) is 13.0 Å². The lowest BCUT2D eigenvalue weighted by Gasteiger charge is -2.35. The molecule has 0 bridgehead atoms. The number of carbonyl (C=O) groups excluding carboxylic acids is 2. The zero-order chi connectivity index (χ0) is 18.1. The fraction of sp³-hybridized carbons (Fsp3) is 0.238. The van der Waals surface area contributed by atoms with Crippen molar-refractivity contribution in [2.75, 3.05) is 7.11 Å². The molecule has 0 radical (unpaired) electrons. The number of benzene rings is 2. The average molecular weight is 348 g/mol. The first kappa shape index (κ1) is 16.4. The standard InChI is InChI=1S/C21H20N2O3/c1-26-21(25)19-10-14-6-2-3-7-15(14)13-23(19)20(24)11-16-12-22-18-9-5-4-8-17(16)18/h2-9,12,19,22H,10-11,13H2,1H3. The van der Waals surface area contributed by atoms with Gasteiger partial charge in [-0.1, -0.05) is 42.5 Å². The molecule has 26 heavy (non-hydrogen) atoms. The number of ether oxygens (including phenoxy) is 1. The zero-order valence-corrected chi connectivity index (χ0v) is 14.6. The van der Waals surface area contributed by atoms with Gasteiger partial charge in [0.1, 0.15) is 6.04 Å². The Labute approximate surface area is 151 Å². The fourth-order valence-electron chi connectivity index (χ4n) is 3.67. The summed E-state index contributed by atoms with van der Waals surface area (Å²) in [6.45, 7) is 0.428. The van der Waals surface area contributed by atoms with E-state index in [9.17, 15) is 9.59 Å². The predicted molar refractivity (Wildman–Crippen MR) is 98.5 cm³/mol. The van der Waals surface area contributed by atoms with Gasteiger partial charge in [-0.2, -0.15) is 0 Å². The first-order valence-electron chi connectivity index (χ1n) is 8.66. The quantitative estimate of drug-likeness (QED) is 0.741. The lowest BCUT2D eigenvalue weighted by atomic mass is 9.93. The largest absolute Gasteiger partial charge is 0.467 e. The third kappa shape index (κ3) is 2.86. The highest BCUT2D eigenvalue weighted by molar-refractivity contribution is 5.91. The summed E-state index contributed by atoms with van der Waals surface area (Å²) < 4.78 is 4.95. The number of H-pyrrole nitrogens is 1. The van der Waals surface area contributed by atoms with Gasteiger partial charge < -0.3 is 14.6 Å². The molecule has 3 aromatic rings. The van der Waals surface area contributed by atoms with Gasteiger partial charge in [-0.3, -0.25) is 4.79 Å². The van der Waals surface area contributed by atoms with Gasteiger partial charge in [-0.25, -0.2) is 4.79 Å². The molecule has 0 saturated heterocycles. The van der Waals surface area contributed by atoms with Gasteiger partial charge in [-0.05, 0) is 22.8 Å². The maximum absolute atomic E-state index is 13.1. The molecule has 1 aliphatic rings. The maximum Gasteiger partial charge on any atom is 0.328 e. The van der Waals surface area contributed by atoms with Crippen molar-refractivity contribution in [1.29, 1.82) is 0 Å². The summed E-state index contributed by atoms with van der Waals surface area (Å²) in [6.07, 6.45) is 2.61. The minimum Gasteiger partial charge on any atom is -0.467 e. The van der Waals surface area contributed by atoms with Gasteiger partial charge in [-0.15, -0.1) is 0 Å². The summed E-state index contributed by atoms with van der Waals surface area (Å²) >= 11 is 0. The lowest BCUT2D eigenvalue weighted by molar-refractivity contribution is -0.153. The topological polar surface area (TPSA) is 62.4 Å². The number of methoxy groups -OCH3 is 1. The first-order chi connectivity index (χ1) is 12.7. The number of amides is 1. The van der Waals surface area contributed by atoms with Crippen LogP contribution in [0.15, 0.2) is 54.7 Å². The molecule has 1 amide bonds. The molecule has 0 saturated carbocycles. The normalized spacial score (nSPS) is 16.3. The summed E-state index contributed by atoms with van der Waals surface area (Å²) in [5.41, 5.74) is 4.12. The molecule has 0 aliphatic carbocycles. The molecule has 1 atom stereocenters. The summed E-state index contributed by atoms with van der Waals surface area (Å²) in [7, 11) is 1.37. The molecule has 5 nitrogen and oxygen atoms in total. The number of fused-ring (bicyclic) bond motifs is 2. The van der Waals surface area contributed by atoms with E-state index in [1.165, 1.54) is 7.11 Å². The van der Waals surface area contributed by atoms with Crippen LogP contribution in [0, 0.1) is 0 Å². The minimum absolute atomic E-state index is 0.0698. The number of aromatic nitrogens is 1. The van der Waals surface area contributed by atoms with Crippen molar-refractivity contribution in [2.24, 2.45) is 0 Å². The van der Waals surface area contributed by atoms with Gasteiger partial charge in [0, 0.05) is 30.1 Å². The number of nitrogens with zero attached hydrogens (tertiary/aromatic N) is 1. The van der Waals surface area contributed by atoms with Crippen LogP contribution in [0.1, 0.15) is 16.7 Å². The number of hydrogen-bond acceptors (Lipinski definition) is 3. The lowest BCUT2D eigenvalue weighted by Crippen LogP contribution is -2.49. The van der Waals surface area contributed by atoms with E-state index in [-0.39, 0.29) is 18.3 Å². The molecule has 1 unspecified atom stereocenters. The van der Waals surface area contributed by atoms with Crippen molar-refractivity contribution in [3.63, 3.8) is 0 Å². The number of hydrogen-bond donors (Lipinski definition) is 1. The molecule has 132 valence electrons. The number of carbonyl (C=O) groups is 2. The van der Waals surface area contributed by atoms with Crippen molar-refractivity contribution in [3.8, 4) is 0 Å². The Bertz CT molecular complexity index is 976. The summed E-state index contributed by atoms with van der Waals surface area (Å²) in [6, 6.07) is 15.2. The predicted octanol–water partition coefficient (Wildman–Crippen LogP) is 2.84. The summed E-state index contributed by atoms with van der Waals surface area (Å²) in [5.74, 6) is -0.438. The Morgan fingerprint density at radius 1 is 1.12 bits per heavy atom. The van der Waals surface area contributed by atoms with Crippen molar-refractivity contribution in [1.82, 2.24) is 9.88 Å². The fourth-order valence-corrected chi connectivity index (χ4v) is 3.67. The number of aromatic amines is 1. The Balaban J connectivity index is 1.63. The van der Waals surface area contributed by atoms with Gasteiger partial charge in [0.15, 0.2) is 0 Å². The molecule has 0 spiro atoms. The number of para-hydroxylation sites is 1. The molecule has 1 aliphatic heterocycles. The van der Waals surface area contributed by atoms with Gasteiger partial charge in [0.2, 0.25) is 5.91 Å². The van der Waals surface area contributed by atoms with Gasteiger partial charge in [0.25, 0.3) is 0 Å². The summed E-state index contributed by atoms with van der Waals surface area (Å²) in [4.78, 5) is 30.2. The molecule has 1 N–H and O–H groups in total. The smallest absolute Gasteiger partial charge is 0.328 e. The molecule has 1 aromatic heterocycles. The van der Waals surface area contributed by atoms with Crippen molar-refractivity contribution >= 4 is 22.8 Å². The van der Waals surface area contributed by atoms with Gasteiger partial charge >= 0.3 is 5.97 Å². The van der Waals surface area contributed by atoms with Crippen molar-refractivity contribution in [2.45, 2.75) is 25.4 Å². The number of nitrogens with one attached hydrogen (secondary N) is 1. The van der Waals surface area contributed by atoms with Crippen LogP contribution in [-0.2, 0) is 33.7 Å². The van der Waals surface area contributed by atoms with E-state index in [4.69, 9.17) is 4.74 Å². The number of rotatable bonds is 3. The highest BCUT2D eigenvalue weighted by Gasteiger charge is 2.35. The van der Waals surface area contributed by atoms with Crippen LogP contribution in [0.25, 0.3) is 10.9 Å². The molecular formula is C21H20N2O3. The maximum atomic E-state index is 13.1. The zero-order valence-electron chi connectivity index (χ0n) is 14.6. The van der Waals surface area contributed by atoms with Gasteiger partial charge in [0.05, 0.1) is 13.5 Å². The Kier molecular flexibility index (Phi) is 4.21. The Morgan fingerprint density at radius 2 is 1.85 bits per heavy atom. The second-order valence-electron chi connectivity index (χ2n) is 6.57. The second-order valence-corrected chi connectivity index (χ2v) is 6.57. The molecule has 5 heteroatoms. The van der Waals surface area contributed by atoms with Crippen molar-refractivity contribution in [3.05, 3.63) is 71.4 Å². The van der Waals surface area contributed by atoms with Crippen LogP contribution >= 0.6 is 0 Å². The van der Waals surface area contributed by atoms with Crippen LogP contribution < -0.4 is 0 Å². The highest BCUT2D eigenvalue weighted by atomic mass is 16.5. The third-order valence-electron chi connectivity index (χ3n) is 5.06. The van der Waals surface area contributed by atoms with E-state index in [0.717, 1.165) is 27.6 Å². The van der Waals surface area contributed by atoms with Crippen LogP contribution in [0.5, 0.6) is 0 Å². The third-order valence-corrected chi connectivity index (χ3v) is 5.06. The summed E-state index contributed by atoms with van der Waals surface area (Å²) in [5, 5.41) is 1.04. The SMILES string of the molecule is COC(=O)C1Cc2ccccc2CN1C(=O)Cc1c[nH]c2ccccc12. The Hall–Kier alpha value is -3.08. The van der Waals surface area contributed by atoms with Crippen LogP contribution in [0.2, 0.25) is 0 Å². The van der Waals surface area contributed by atoms with E-state index in [2.05, 4.69) is 4.98 Å². The van der Waals surface area contributed by atoms with Crippen molar-refractivity contribution < 1.29 is 14.3 Å². The van der Waals surface area contributed by atoms with Crippen LogP contribution in [0.4, 0.5) is 0 Å². The number of esters is 1. The van der Waals surface area contributed by atoms with E-state index in [1.54, 1.807) is 4.90 Å². The van der Waals surface area contributed by atoms with Crippen LogP contribution in [-0.4, -0.2) is 34.9 Å². The minimum atomic E-state index is -0.576. The molecular weight excluding hydrogens is 328 g/mol. The molecule has 4 rings (SSSR count). The van der Waals surface area contributed by atoms with Crippen LogP contribution in [0.3, 0.4) is 0 Å². The highest BCUT2D eigenvalue weighted by Crippen LogP contribution is 2.26. The second kappa shape index (κ2) is 6.67. The first-order valence-corrected chi connectivity index (χ1v) is 8.66. The van der Waals surface area contributed by atoms with E-state index in [1.807, 2.05) is 54.7 Å². The monoisotopic (exact) mass is 348 g/mol.